The Bertz CT molecular complexity index is 327. The standard InChI is InChI=1S/C12H19OP/c1-4-10-14(13,5-2)12-8-6-11(3)7-9-12/h6-9H,4-5,10H2,1-3H3. The van der Waals surface area contributed by atoms with Gasteiger partial charge in [0.05, 0.1) is 0 Å². The minimum absolute atomic E-state index is 0.782. The Kier molecular flexibility index (Phi) is 3.95. The maximum absolute atomic E-state index is 12.5. The van der Waals surface area contributed by atoms with Gasteiger partial charge in [-0.15, -0.1) is 0 Å². The highest BCUT2D eigenvalue weighted by atomic mass is 31.2. The number of hydrogen-bond acceptors (Lipinski definition) is 1. The summed E-state index contributed by atoms with van der Waals surface area (Å²) in [7, 11) is -2.07. The first kappa shape index (κ1) is 11.5. The van der Waals surface area contributed by atoms with Crippen LogP contribution in [0.5, 0.6) is 0 Å². The molecule has 0 saturated heterocycles. The van der Waals surface area contributed by atoms with Crippen molar-refractivity contribution in [2.45, 2.75) is 27.2 Å². The normalized spacial score (nSPS) is 15.1. The van der Waals surface area contributed by atoms with Crippen LogP contribution in [0.2, 0.25) is 0 Å². The van der Waals surface area contributed by atoms with Crippen molar-refractivity contribution in [1.29, 1.82) is 0 Å². The van der Waals surface area contributed by atoms with Crippen molar-refractivity contribution in [3.63, 3.8) is 0 Å². The third-order valence-corrected chi connectivity index (χ3v) is 6.03. The zero-order chi connectivity index (χ0) is 10.6. The van der Waals surface area contributed by atoms with E-state index in [1.54, 1.807) is 0 Å². The Labute approximate surface area is 86.9 Å². The Morgan fingerprint density at radius 1 is 1.14 bits per heavy atom. The average Bonchev–Trinajstić information content (AvgIpc) is 2.19. The van der Waals surface area contributed by atoms with Gasteiger partial charge in [-0.1, -0.05) is 43.7 Å². The maximum atomic E-state index is 12.5. The molecule has 0 aromatic heterocycles. The lowest BCUT2D eigenvalue weighted by atomic mass is 10.2. The van der Waals surface area contributed by atoms with E-state index in [0.717, 1.165) is 24.0 Å². The molecule has 0 aliphatic rings. The van der Waals surface area contributed by atoms with E-state index in [0.29, 0.717) is 0 Å². The van der Waals surface area contributed by atoms with Crippen molar-refractivity contribution in [2.75, 3.05) is 12.3 Å². The van der Waals surface area contributed by atoms with Crippen LogP contribution in [0.3, 0.4) is 0 Å². The third kappa shape index (κ3) is 2.48. The molecule has 0 spiro atoms. The minimum Gasteiger partial charge on any atom is -0.319 e. The number of benzene rings is 1. The van der Waals surface area contributed by atoms with Crippen molar-refractivity contribution >= 4 is 12.4 Å². The molecule has 1 aromatic carbocycles. The topological polar surface area (TPSA) is 17.1 Å². The fourth-order valence-electron chi connectivity index (χ4n) is 1.65. The summed E-state index contributed by atoms with van der Waals surface area (Å²) in [6.07, 6.45) is 2.62. The highest BCUT2D eigenvalue weighted by Crippen LogP contribution is 2.44. The van der Waals surface area contributed by atoms with Crippen LogP contribution < -0.4 is 5.30 Å². The summed E-state index contributed by atoms with van der Waals surface area (Å²) in [4.78, 5) is 0. The van der Waals surface area contributed by atoms with Gasteiger partial charge < -0.3 is 4.57 Å². The van der Waals surface area contributed by atoms with Gasteiger partial charge in [-0.05, 0) is 13.3 Å². The molecular formula is C12H19OP. The van der Waals surface area contributed by atoms with E-state index in [1.807, 2.05) is 31.2 Å². The van der Waals surface area contributed by atoms with Gasteiger partial charge in [0.15, 0.2) is 0 Å². The molecule has 78 valence electrons. The first-order chi connectivity index (χ1) is 6.62. The Hall–Kier alpha value is -0.550. The minimum atomic E-state index is -2.07. The molecule has 0 radical (unpaired) electrons. The average molecular weight is 210 g/mol. The fraction of sp³-hybridized carbons (Fsp3) is 0.500. The molecule has 0 amide bonds. The summed E-state index contributed by atoms with van der Waals surface area (Å²) >= 11 is 0. The first-order valence-corrected chi connectivity index (χ1v) is 7.35. The lowest BCUT2D eigenvalue weighted by molar-refractivity contribution is 0.581. The van der Waals surface area contributed by atoms with Crippen LogP contribution in [0.1, 0.15) is 25.8 Å². The quantitative estimate of drug-likeness (QED) is 0.696. The Balaban J connectivity index is 3.00. The summed E-state index contributed by atoms with van der Waals surface area (Å²) in [6.45, 7) is 6.17. The van der Waals surface area contributed by atoms with E-state index in [1.165, 1.54) is 5.56 Å². The SMILES string of the molecule is CCCP(=O)(CC)c1ccc(C)cc1. The lowest BCUT2D eigenvalue weighted by Gasteiger charge is -2.15. The molecule has 0 saturated carbocycles. The zero-order valence-electron chi connectivity index (χ0n) is 9.29. The van der Waals surface area contributed by atoms with Gasteiger partial charge in [-0.2, -0.15) is 0 Å². The van der Waals surface area contributed by atoms with E-state index in [2.05, 4.69) is 13.8 Å². The number of aryl methyl sites for hydroxylation is 1. The van der Waals surface area contributed by atoms with E-state index in [4.69, 9.17) is 0 Å². The van der Waals surface area contributed by atoms with Crippen LogP contribution in [-0.2, 0) is 4.57 Å². The summed E-state index contributed by atoms with van der Waals surface area (Å²) in [5, 5.41) is 1.05. The molecule has 1 atom stereocenters. The monoisotopic (exact) mass is 210 g/mol. The first-order valence-electron chi connectivity index (χ1n) is 5.27. The van der Waals surface area contributed by atoms with Gasteiger partial charge in [0.2, 0.25) is 0 Å². The lowest BCUT2D eigenvalue weighted by Crippen LogP contribution is -2.09. The van der Waals surface area contributed by atoms with E-state index >= 15 is 0 Å². The molecular weight excluding hydrogens is 191 g/mol. The van der Waals surface area contributed by atoms with Crippen molar-refractivity contribution in [1.82, 2.24) is 0 Å². The highest BCUT2D eigenvalue weighted by molar-refractivity contribution is 7.71. The molecule has 0 bridgehead atoms. The zero-order valence-corrected chi connectivity index (χ0v) is 10.2. The van der Waals surface area contributed by atoms with E-state index in [9.17, 15) is 4.57 Å². The third-order valence-electron chi connectivity index (χ3n) is 2.60. The van der Waals surface area contributed by atoms with Crippen LogP contribution in [0.15, 0.2) is 24.3 Å². The van der Waals surface area contributed by atoms with E-state index in [-0.39, 0.29) is 0 Å². The molecule has 0 N–H and O–H groups in total. The van der Waals surface area contributed by atoms with Crippen LogP contribution in [0.25, 0.3) is 0 Å². The van der Waals surface area contributed by atoms with Crippen LogP contribution in [0, 0.1) is 6.92 Å². The molecule has 14 heavy (non-hydrogen) atoms. The molecule has 0 fully saturated rings. The second kappa shape index (κ2) is 4.79. The molecule has 1 aromatic rings. The van der Waals surface area contributed by atoms with E-state index < -0.39 is 7.14 Å². The summed E-state index contributed by atoms with van der Waals surface area (Å²) < 4.78 is 12.5. The number of hydrogen-bond donors (Lipinski definition) is 0. The van der Waals surface area contributed by atoms with Gasteiger partial charge in [0, 0.05) is 17.6 Å². The molecule has 1 unspecified atom stereocenters. The predicted molar refractivity (Wildman–Crippen MR) is 64.1 cm³/mol. The second-order valence-corrected chi connectivity index (χ2v) is 7.14. The highest BCUT2D eigenvalue weighted by Gasteiger charge is 2.20. The van der Waals surface area contributed by atoms with Crippen molar-refractivity contribution < 1.29 is 4.57 Å². The van der Waals surface area contributed by atoms with Crippen LogP contribution in [0.4, 0.5) is 0 Å². The molecule has 1 nitrogen and oxygen atoms in total. The largest absolute Gasteiger partial charge is 0.319 e. The maximum Gasteiger partial charge on any atom is 0.115 e. The fourth-order valence-corrected chi connectivity index (χ4v) is 4.00. The molecule has 0 aliphatic heterocycles. The Morgan fingerprint density at radius 3 is 2.14 bits per heavy atom. The van der Waals surface area contributed by atoms with Gasteiger partial charge in [-0.25, -0.2) is 0 Å². The summed E-state index contributed by atoms with van der Waals surface area (Å²) in [6, 6.07) is 8.14. The molecule has 2 heteroatoms. The van der Waals surface area contributed by atoms with Gasteiger partial charge >= 0.3 is 0 Å². The van der Waals surface area contributed by atoms with Gasteiger partial charge in [0.1, 0.15) is 7.14 Å². The van der Waals surface area contributed by atoms with Crippen molar-refractivity contribution in [3.05, 3.63) is 29.8 Å². The molecule has 1 rings (SSSR count). The van der Waals surface area contributed by atoms with Crippen LogP contribution in [-0.4, -0.2) is 12.3 Å². The van der Waals surface area contributed by atoms with Crippen LogP contribution >= 0.6 is 7.14 Å². The smallest absolute Gasteiger partial charge is 0.115 e. The van der Waals surface area contributed by atoms with Gasteiger partial charge in [-0.3, -0.25) is 0 Å². The summed E-state index contributed by atoms with van der Waals surface area (Å²) in [5.41, 5.74) is 1.23. The predicted octanol–water partition coefficient (Wildman–Crippen LogP) is 3.41. The van der Waals surface area contributed by atoms with Crippen molar-refractivity contribution in [3.8, 4) is 0 Å². The Morgan fingerprint density at radius 2 is 1.71 bits per heavy atom. The van der Waals surface area contributed by atoms with Gasteiger partial charge in [0.25, 0.3) is 0 Å². The summed E-state index contributed by atoms with van der Waals surface area (Å²) in [5.74, 6) is 0. The number of rotatable bonds is 4. The molecule has 0 aliphatic carbocycles. The molecule has 0 heterocycles. The second-order valence-electron chi connectivity index (χ2n) is 3.76. The van der Waals surface area contributed by atoms with Crippen molar-refractivity contribution in [2.24, 2.45) is 0 Å².